The van der Waals surface area contributed by atoms with Crippen molar-refractivity contribution in [2.75, 3.05) is 6.61 Å². The molecule has 5 aliphatic rings. The average Bonchev–Trinajstić information content (AvgIpc) is 3.42. The van der Waals surface area contributed by atoms with Crippen LogP contribution in [-0.4, -0.2) is 69.6 Å². The largest absolute Gasteiger partial charge is 0.458 e. The van der Waals surface area contributed by atoms with Crippen LogP contribution in [0.1, 0.15) is 66.2 Å². The molecule has 1 aliphatic heterocycles. The molecule has 3 saturated carbocycles. The predicted octanol–water partition coefficient (Wildman–Crippen LogP) is 5.09. The summed E-state index contributed by atoms with van der Waals surface area (Å²) in [5.74, 6) is -4.16. The molecule has 1 saturated heterocycles. The first-order chi connectivity index (χ1) is 22.1. The molecular formula is C35H38FNO9S. The van der Waals surface area contributed by atoms with Gasteiger partial charge in [-0.15, -0.1) is 0 Å². The minimum absolute atomic E-state index is 0.102. The van der Waals surface area contributed by atoms with Gasteiger partial charge in [0, 0.05) is 16.7 Å². The maximum absolute atomic E-state index is 17.6. The molecule has 1 aromatic carbocycles. The fourth-order valence-corrected chi connectivity index (χ4v) is 9.27. The molecule has 47 heavy (non-hydrogen) atoms. The van der Waals surface area contributed by atoms with Crippen molar-refractivity contribution in [2.45, 2.75) is 95.5 Å². The smallest absolute Gasteiger partial charge is 0.311 e. The Morgan fingerprint density at radius 3 is 2.51 bits per heavy atom. The Balaban J connectivity index is 1.17. The highest BCUT2D eigenvalue weighted by atomic mass is 32.1. The number of ether oxygens (including phenoxy) is 4. The standard InChI is InChI=1S/C35H38FNO9S/c1-31(2)45-28-16-25-24-10-5-20-15-22(38)13-14-32(20,3)34(24,36)26(39)17-33(25,4)35(28,46-31)27(40)18-43-29(41)11-12-30(42)44-23-8-6-21(7-9-23)37-19-47/h6-9,13-15,24-26,28,39H,5,10-12,16-18H2,1-4H3/t24-,25-,26-,28+,32-,33-,34-,35+/m0/s1. The van der Waals surface area contributed by atoms with Crippen LogP contribution in [0.3, 0.4) is 0 Å². The number of Topliss-reactive ketones (excluding diaryl/α,β-unsaturated/α-hetero) is 1. The molecule has 0 unspecified atom stereocenters. The first kappa shape index (κ1) is 33.5. The van der Waals surface area contributed by atoms with Crippen LogP contribution in [0, 0.1) is 22.7 Å². The second kappa shape index (κ2) is 11.6. The predicted molar refractivity (Wildman–Crippen MR) is 168 cm³/mol. The zero-order valence-corrected chi connectivity index (χ0v) is 27.6. The van der Waals surface area contributed by atoms with Crippen LogP contribution in [-0.2, 0) is 33.4 Å². The summed E-state index contributed by atoms with van der Waals surface area (Å²) in [5, 5.41) is 13.9. The molecule has 0 bridgehead atoms. The van der Waals surface area contributed by atoms with Crippen LogP contribution in [0.4, 0.5) is 10.1 Å². The minimum atomic E-state index is -2.09. The number of rotatable bonds is 8. The molecule has 1 heterocycles. The lowest BCUT2D eigenvalue weighted by Gasteiger charge is -2.62. The second-order valence-electron chi connectivity index (χ2n) is 14.1. The van der Waals surface area contributed by atoms with Gasteiger partial charge < -0.3 is 24.1 Å². The van der Waals surface area contributed by atoms with Crippen molar-refractivity contribution < 1.29 is 47.6 Å². The minimum Gasteiger partial charge on any atom is -0.458 e. The summed E-state index contributed by atoms with van der Waals surface area (Å²) in [7, 11) is 0. The molecule has 0 radical (unpaired) electrons. The lowest BCUT2D eigenvalue weighted by Crippen LogP contribution is -2.70. The molecule has 8 atom stereocenters. The van der Waals surface area contributed by atoms with Crippen LogP contribution in [0.5, 0.6) is 5.75 Å². The van der Waals surface area contributed by atoms with Gasteiger partial charge in [0.2, 0.25) is 5.78 Å². The molecular weight excluding hydrogens is 629 g/mol. The summed E-state index contributed by atoms with van der Waals surface area (Å²) in [6.45, 7) is 6.30. The zero-order valence-electron chi connectivity index (χ0n) is 26.7. The highest BCUT2D eigenvalue weighted by molar-refractivity contribution is 7.78. The van der Waals surface area contributed by atoms with Crippen LogP contribution < -0.4 is 4.74 Å². The second-order valence-corrected chi connectivity index (χ2v) is 14.3. The van der Waals surface area contributed by atoms with Crippen molar-refractivity contribution in [1.82, 2.24) is 0 Å². The first-order valence-corrected chi connectivity index (χ1v) is 16.3. The van der Waals surface area contributed by atoms with Gasteiger partial charge in [-0.2, -0.15) is 4.99 Å². The number of thiocarbonyl (C=S) groups is 1. The molecule has 0 amide bonds. The number of aliphatic imine (C=N–C) groups is 1. The number of allylic oxidation sites excluding steroid dienone is 4. The number of esters is 2. The molecule has 4 aliphatic carbocycles. The highest BCUT2D eigenvalue weighted by Crippen LogP contribution is 2.72. The molecule has 4 fully saturated rings. The van der Waals surface area contributed by atoms with Crippen LogP contribution >= 0.6 is 12.2 Å². The fraction of sp³-hybridized carbons (Fsp3) is 0.571. The number of carbonyl (C=O) groups excluding carboxylic acids is 4. The van der Waals surface area contributed by atoms with Crippen LogP contribution in [0.25, 0.3) is 0 Å². The SMILES string of the molecule is CC1(C)O[C@@H]2C[C@H]3[C@@H]4CCC5=CC(=O)C=C[C@]5(C)[C@@]4(F)[C@@H](O)C[C@]3(C)[C@]2(C(=O)COC(=O)CCC(=O)Oc2ccc(N=C=S)cc2)O1. The Morgan fingerprint density at radius 2 is 1.81 bits per heavy atom. The Kier molecular flexibility index (Phi) is 8.29. The molecule has 10 nitrogen and oxygen atoms in total. The maximum Gasteiger partial charge on any atom is 0.311 e. The van der Waals surface area contributed by atoms with Gasteiger partial charge in [-0.25, -0.2) is 4.39 Å². The third-order valence-electron chi connectivity index (χ3n) is 11.2. The molecule has 12 heteroatoms. The van der Waals surface area contributed by atoms with E-state index in [1.165, 1.54) is 24.3 Å². The quantitative estimate of drug-likeness (QED) is 0.173. The summed E-state index contributed by atoms with van der Waals surface area (Å²) < 4.78 is 40.9. The summed E-state index contributed by atoms with van der Waals surface area (Å²) in [6.07, 6.45) is 2.64. The third kappa shape index (κ3) is 5.16. The van der Waals surface area contributed by atoms with E-state index in [0.29, 0.717) is 30.5 Å². The van der Waals surface area contributed by atoms with Crippen molar-refractivity contribution in [3.63, 3.8) is 0 Å². The third-order valence-corrected chi connectivity index (χ3v) is 11.3. The summed E-state index contributed by atoms with van der Waals surface area (Å²) in [4.78, 5) is 55.2. The van der Waals surface area contributed by atoms with E-state index >= 15 is 4.39 Å². The molecule has 1 aromatic rings. The summed E-state index contributed by atoms with van der Waals surface area (Å²) >= 11 is 4.56. The monoisotopic (exact) mass is 667 g/mol. The van der Waals surface area contributed by atoms with Gasteiger partial charge in [-0.3, -0.25) is 19.2 Å². The molecule has 1 N–H and O–H groups in total. The van der Waals surface area contributed by atoms with Crippen LogP contribution in [0.15, 0.2) is 53.1 Å². The van der Waals surface area contributed by atoms with Crippen molar-refractivity contribution in [1.29, 1.82) is 0 Å². The van der Waals surface area contributed by atoms with Crippen molar-refractivity contribution in [3.05, 3.63) is 48.1 Å². The van der Waals surface area contributed by atoms with Gasteiger partial charge in [0.25, 0.3) is 0 Å². The van der Waals surface area contributed by atoms with E-state index < -0.39 is 76.3 Å². The van der Waals surface area contributed by atoms with E-state index in [2.05, 4.69) is 22.4 Å². The number of nitrogens with zero attached hydrogens (tertiary/aromatic N) is 1. The molecule has 6 rings (SSSR count). The van der Waals surface area contributed by atoms with Crippen molar-refractivity contribution in [3.8, 4) is 5.75 Å². The number of ketones is 2. The Hall–Kier alpha value is -3.41. The van der Waals surface area contributed by atoms with E-state index in [1.54, 1.807) is 39.0 Å². The van der Waals surface area contributed by atoms with E-state index in [-0.39, 0.29) is 30.8 Å². The van der Waals surface area contributed by atoms with Gasteiger partial charge in [0.05, 0.1) is 35.9 Å². The van der Waals surface area contributed by atoms with Gasteiger partial charge in [-0.1, -0.05) is 18.6 Å². The molecule has 250 valence electrons. The van der Waals surface area contributed by atoms with E-state index in [0.717, 1.165) is 0 Å². The topological polar surface area (TPSA) is 138 Å². The lowest BCUT2D eigenvalue weighted by atomic mass is 9.44. The Labute approximate surface area is 277 Å². The number of fused-ring (bicyclic) bond motifs is 7. The van der Waals surface area contributed by atoms with Crippen molar-refractivity contribution >= 4 is 46.6 Å². The number of alkyl halides is 1. The Bertz CT molecular complexity index is 1630. The number of halogens is 1. The maximum atomic E-state index is 17.6. The number of benzene rings is 1. The molecule has 0 spiro atoms. The lowest BCUT2D eigenvalue weighted by molar-refractivity contribution is -0.246. The molecule has 0 aromatic heterocycles. The van der Waals surface area contributed by atoms with E-state index in [4.69, 9.17) is 18.9 Å². The van der Waals surface area contributed by atoms with Gasteiger partial charge in [-0.05, 0) is 101 Å². The number of carbonyl (C=O) groups is 4. The average molecular weight is 668 g/mol. The first-order valence-electron chi connectivity index (χ1n) is 15.9. The Morgan fingerprint density at radius 1 is 1.11 bits per heavy atom. The number of isothiocyanates is 1. The number of aliphatic hydroxyl groups excluding tert-OH is 1. The van der Waals surface area contributed by atoms with Crippen molar-refractivity contribution in [2.24, 2.45) is 27.7 Å². The van der Waals surface area contributed by atoms with Gasteiger partial charge in [0.1, 0.15) is 5.75 Å². The normalized spacial score (nSPS) is 37.7. The highest BCUT2D eigenvalue weighted by Gasteiger charge is 2.80. The van der Waals surface area contributed by atoms with Gasteiger partial charge in [0.15, 0.2) is 29.4 Å². The summed E-state index contributed by atoms with van der Waals surface area (Å²) in [6, 6.07) is 6.24. The number of hydrogen-bond acceptors (Lipinski definition) is 11. The van der Waals surface area contributed by atoms with Crippen LogP contribution in [0.2, 0.25) is 0 Å². The number of aliphatic hydroxyl groups is 1. The summed E-state index contributed by atoms with van der Waals surface area (Å²) in [5.41, 5.74) is -4.74. The van der Waals surface area contributed by atoms with Gasteiger partial charge >= 0.3 is 11.9 Å². The fourth-order valence-electron chi connectivity index (χ4n) is 9.16. The number of hydrogen-bond donors (Lipinski definition) is 1. The zero-order chi connectivity index (χ0) is 34.0. The van der Waals surface area contributed by atoms with E-state index in [9.17, 15) is 24.3 Å². The van der Waals surface area contributed by atoms with E-state index in [1.807, 2.05) is 6.92 Å².